The molecule has 0 radical (unpaired) electrons. The van der Waals surface area contributed by atoms with Gasteiger partial charge in [-0.2, -0.15) is 23.7 Å². The standard InChI is InChI=1S/C54H29F3N6/c1-32-12-15-41(62-50-10-6-4-8-43(50)45-17-13-35(26-52(45)62)37-20-33(30-58)22-39(24-37)60-2)28-47(32)48-29-42(16-19-49(48)54(55,56)57)63-51-11-7-5-9-44(51)46-18-14-36(27-53(46)63)38-21-34(31-59)23-40(25-38)61-3/h4-29H,1H3. The molecule has 2 aromatic heterocycles. The fourth-order valence-corrected chi connectivity index (χ4v) is 8.85. The van der Waals surface area contributed by atoms with Crippen LogP contribution in [0.4, 0.5) is 24.5 Å². The van der Waals surface area contributed by atoms with Gasteiger partial charge in [-0.1, -0.05) is 66.7 Å². The van der Waals surface area contributed by atoms with Crippen molar-refractivity contribution in [1.82, 2.24) is 9.13 Å². The number of benzene rings is 8. The van der Waals surface area contributed by atoms with E-state index in [0.29, 0.717) is 56.1 Å². The third kappa shape index (κ3) is 6.41. The predicted octanol–water partition coefficient (Wildman–Crippen LogP) is 15.1. The van der Waals surface area contributed by atoms with E-state index in [2.05, 4.69) is 21.8 Å². The van der Waals surface area contributed by atoms with Crippen LogP contribution < -0.4 is 0 Å². The van der Waals surface area contributed by atoms with Crippen LogP contribution in [0.2, 0.25) is 0 Å². The lowest BCUT2D eigenvalue weighted by Crippen LogP contribution is -2.09. The minimum atomic E-state index is -4.68. The molecule has 0 aliphatic carbocycles. The zero-order valence-corrected chi connectivity index (χ0v) is 33.3. The van der Waals surface area contributed by atoms with E-state index < -0.39 is 11.7 Å². The molecule has 6 nitrogen and oxygen atoms in total. The van der Waals surface area contributed by atoms with E-state index in [4.69, 9.17) is 13.1 Å². The number of nitrogens with zero attached hydrogens (tertiary/aromatic N) is 6. The maximum Gasteiger partial charge on any atom is 0.417 e. The molecule has 0 unspecified atom stereocenters. The van der Waals surface area contributed by atoms with Crippen LogP contribution in [-0.2, 0) is 6.18 Å². The van der Waals surface area contributed by atoms with Crippen molar-refractivity contribution in [1.29, 1.82) is 10.5 Å². The van der Waals surface area contributed by atoms with Gasteiger partial charge in [-0.05, 0) is 137 Å². The smallest absolute Gasteiger partial charge is 0.309 e. The molecule has 0 saturated heterocycles. The molecule has 8 aromatic carbocycles. The van der Waals surface area contributed by atoms with Crippen molar-refractivity contribution in [3.8, 4) is 56.9 Å². The van der Waals surface area contributed by atoms with Gasteiger partial charge in [0.25, 0.3) is 0 Å². The van der Waals surface area contributed by atoms with Crippen molar-refractivity contribution in [2.45, 2.75) is 13.1 Å². The number of hydrogen-bond acceptors (Lipinski definition) is 2. The Bertz CT molecular complexity index is 3680. The molecule has 0 spiro atoms. The quantitative estimate of drug-likeness (QED) is 0.162. The fraction of sp³-hybridized carbons (Fsp3) is 0.0370. The highest BCUT2D eigenvalue weighted by Crippen LogP contribution is 2.43. The normalized spacial score (nSPS) is 11.4. The molecule has 0 fully saturated rings. The fourth-order valence-electron chi connectivity index (χ4n) is 8.85. The first-order valence-electron chi connectivity index (χ1n) is 19.8. The maximum absolute atomic E-state index is 15.2. The van der Waals surface area contributed by atoms with Gasteiger partial charge in [0.1, 0.15) is 0 Å². The summed E-state index contributed by atoms with van der Waals surface area (Å²) in [6.07, 6.45) is -4.68. The Kier molecular flexibility index (Phi) is 8.93. The minimum Gasteiger partial charge on any atom is -0.309 e. The highest BCUT2D eigenvalue weighted by molar-refractivity contribution is 6.11. The van der Waals surface area contributed by atoms with Gasteiger partial charge in [0.2, 0.25) is 0 Å². The van der Waals surface area contributed by atoms with Gasteiger partial charge in [0.15, 0.2) is 11.4 Å². The maximum atomic E-state index is 15.2. The summed E-state index contributed by atoms with van der Waals surface area (Å²) in [6, 6.07) is 51.6. The Morgan fingerprint density at radius 1 is 0.476 bits per heavy atom. The number of halogens is 3. The first kappa shape index (κ1) is 38.3. The van der Waals surface area contributed by atoms with Crippen LogP contribution in [0.5, 0.6) is 0 Å². The van der Waals surface area contributed by atoms with Crippen molar-refractivity contribution in [3.63, 3.8) is 0 Å². The lowest BCUT2D eigenvalue weighted by molar-refractivity contribution is -0.137. The Morgan fingerprint density at radius 3 is 1.41 bits per heavy atom. The van der Waals surface area contributed by atoms with Crippen molar-refractivity contribution < 1.29 is 13.2 Å². The highest BCUT2D eigenvalue weighted by Gasteiger charge is 2.34. The second-order valence-electron chi connectivity index (χ2n) is 15.4. The summed E-state index contributed by atoms with van der Waals surface area (Å²) < 4.78 is 49.7. The lowest BCUT2D eigenvalue weighted by atomic mass is 9.94. The van der Waals surface area contributed by atoms with E-state index in [-0.39, 0.29) is 5.56 Å². The Morgan fingerprint density at radius 2 is 0.937 bits per heavy atom. The lowest BCUT2D eigenvalue weighted by Gasteiger charge is -2.19. The number of alkyl halides is 3. The van der Waals surface area contributed by atoms with Crippen LogP contribution in [0, 0.1) is 42.7 Å². The zero-order valence-electron chi connectivity index (χ0n) is 33.3. The average molecular weight is 819 g/mol. The van der Waals surface area contributed by atoms with Crippen molar-refractivity contribution in [2.75, 3.05) is 0 Å². The first-order valence-corrected chi connectivity index (χ1v) is 19.8. The first-order chi connectivity index (χ1) is 30.6. The van der Waals surface area contributed by atoms with Gasteiger partial charge >= 0.3 is 6.18 Å². The highest BCUT2D eigenvalue weighted by atomic mass is 19.4. The summed E-state index contributed by atoms with van der Waals surface area (Å²) in [5, 5.41) is 23.1. The van der Waals surface area contributed by atoms with E-state index >= 15 is 13.2 Å². The Balaban J connectivity index is 1.19. The van der Waals surface area contributed by atoms with Crippen molar-refractivity contribution in [2.24, 2.45) is 0 Å². The van der Waals surface area contributed by atoms with Crippen LogP contribution in [0.15, 0.2) is 158 Å². The number of fused-ring (bicyclic) bond motifs is 6. The molecule has 10 rings (SSSR count). The Labute approximate surface area is 359 Å². The monoisotopic (exact) mass is 818 g/mol. The number of para-hydroxylation sites is 2. The van der Waals surface area contributed by atoms with Gasteiger partial charge < -0.3 is 9.13 Å². The van der Waals surface area contributed by atoms with Crippen LogP contribution in [0.3, 0.4) is 0 Å². The SMILES string of the molecule is [C-]#[N+]c1cc(C#N)cc(-c2ccc3c4ccccc4n(-c4ccc(C)c(-c5cc(-n6c7ccccc7c7ccc(-c8cc(C#N)cc([N+]#[C-])c8)cc76)ccc5C(F)(F)F)c4)c3c2)c1. The molecule has 296 valence electrons. The van der Waals surface area contributed by atoms with Gasteiger partial charge in [0.05, 0.1) is 52.9 Å². The van der Waals surface area contributed by atoms with Crippen LogP contribution in [0.25, 0.3) is 98.1 Å². The average Bonchev–Trinajstić information content (AvgIpc) is 3.83. The zero-order chi connectivity index (χ0) is 43.6. The summed E-state index contributed by atoms with van der Waals surface area (Å²) in [6.45, 7) is 17.0. The molecule has 2 heterocycles. The summed E-state index contributed by atoms with van der Waals surface area (Å²) in [5.74, 6) is 0. The molecule has 0 aliphatic rings. The predicted molar refractivity (Wildman–Crippen MR) is 243 cm³/mol. The van der Waals surface area contributed by atoms with Crippen molar-refractivity contribution in [3.05, 3.63) is 203 Å². The van der Waals surface area contributed by atoms with E-state index in [1.807, 2.05) is 119 Å². The summed E-state index contributed by atoms with van der Waals surface area (Å²) in [7, 11) is 0. The van der Waals surface area contributed by atoms with Crippen LogP contribution in [0.1, 0.15) is 22.3 Å². The third-order valence-corrected chi connectivity index (χ3v) is 11.7. The van der Waals surface area contributed by atoms with Crippen molar-refractivity contribution >= 4 is 55.0 Å². The molecule has 63 heavy (non-hydrogen) atoms. The van der Waals surface area contributed by atoms with E-state index in [0.717, 1.165) is 60.8 Å². The largest absolute Gasteiger partial charge is 0.417 e. The van der Waals surface area contributed by atoms with Crippen LogP contribution in [-0.4, -0.2) is 9.13 Å². The molecule has 0 N–H and O–H groups in total. The molecular weight excluding hydrogens is 790 g/mol. The summed E-state index contributed by atoms with van der Waals surface area (Å²) in [4.78, 5) is 7.14. The van der Waals surface area contributed by atoms with Gasteiger partial charge in [-0.3, -0.25) is 0 Å². The molecular formula is C54H29F3N6. The molecule has 0 saturated carbocycles. The van der Waals surface area contributed by atoms with Gasteiger partial charge in [0, 0.05) is 44.0 Å². The molecule has 0 aliphatic heterocycles. The number of hydrogen-bond donors (Lipinski definition) is 0. The number of aryl methyl sites for hydroxylation is 1. The Hall–Kier alpha value is -8.89. The molecule has 0 amide bonds. The van der Waals surface area contributed by atoms with Gasteiger partial charge in [-0.15, -0.1) is 0 Å². The van der Waals surface area contributed by atoms with E-state index in [1.54, 1.807) is 36.4 Å². The summed E-state index contributed by atoms with van der Waals surface area (Å²) >= 11 is 0. The van der Waals surface area contributed by atoms with Gasteiger partial charge in [-0.25, -0.2) is 9.69 Å². The van der Waals surface area contributed by atoms with E-state index in [1.165, 1.54) is 12.1 Å². The second kappa shape index (κ2) is 14.7. The number of aromatic nitrogens is 2. The van der Waals surface area contributed by atoms with E-state index in [9.17, 15) is 10.5 Å². The third-order valence-electron chi connectivity index (χ3n) is 11.7. The molecule has 0 atom stereocenters. The topological polar surface area (TPSA) is 66.2 Å². The molecule has 9 heteroatoms. The molecule has 0 bridgehead atoms. The second-order valence-corrected chi connectivity index (χ2v) is 15.4. The van der Waals surface area contributed by atoms with Crippen LogP contribution >= 0.6 is 0 Å². The number of rotatable bonds is 5. The summed E-state index contributed by atoms with van der Waals surface area (Å²) in [5.41, 5.74) is 9.04. The number of nitriles is 2. The minimum absolute atomic E-state index is 0.0197. The molecule has 10 aromatic rings.